The molecule has 0 aromatic heterocycles. The van der Waals surface area contributed by atoms with E-state index in [1.165, 1.54) is 12.1 Å². The van der Waals surface area contributed by atoms with E-state index in [4.69, 9.17) is 11.6 Å². The van der Waals surface area contributed by atoms with Crippen molar-refractivity contribution in [3.05, 3.63) is 60.6 Å². The number of carboxylic acid groups (broad SMARTS) is 1. The summed E-state index contributed by atoms with van der Waals surface area (Å²) in [6.45, 7) is 0. The Morgan fingerprint density at radius 1 is 1.24 bits per heavy atom. The molecule has 0 heterocycles. The fourth-order valence-electron chi connectivity index (χ4n) is 1.71. The lowest BCUT2D eigenvalue weighted by Crippen LogP contribution is -2.16. The van der Waals surface area contributed by atoms with Crippen LogP contribution in [-0.2, 0) is 0 Å². The van der Waals surface area contributed by atoms with E-state index in [-0.39, 0.29) is 16.3 Å². The number of nitrogens with one attached hydrogen (secondary N) is 1. The number of benzene rings is 2. The van der Waals surface area contributed by atoms with E-state index in [0.717, 1.165) is 8.04 Å². The first-order valence-corrected chi connectivity index (χ1v) is 7.93. The molecule has 108 valence electrons. The molecule has 2 aromatic rings. The molecule has 2 rings (SSSR count). The molecule has 0 atom stereocenters. The number of halogens is 3. The summed E-state index contributed by atoms with van der Waals surface area (Å²) in [6, 6.07) is 9.82. The molecule has 0 aliphatic rings. The van der Waals surface area contributed by atoms with Crippen molar-refractivity contribution in [2.45, 2.75) is 0 Å². The summed E-state index contributed by atoms with van der Waals surface area (Å²) in [7, 11) is 0. The fourth-order valence-corrected chi connectivity index (χ4v) is 2.90. The molecule has 2 N–H and O–H groups in total. The van der Waals surface area contributed by atoms with Crippen molar-refractivity contribution in [1.29, 1.82) is 0 Å². The van der Waals surface area contributed by atoms with Crippen LogP contribution in [0.5, 0.6) is 0 Å². The number of carbonyl (C=O) groups is 2. The summed E-state index contributed by atoms with van der Waals surface area (Å²) in [5.41, 5.74) is 0.481. The Hall–Kier alpha value is -1.12. The SMILES string of the molecule is O=C(Nc1cccc(Cl)c1C(=O)O)c1cc(Br)ccc1I. The van der Waals surface area contributed by atoms with Crippen LogP contribution in [0.3, 0.4) is 0 Å². The second-order valence-corrected chi connectivity index (χ2v) is 6.53. The maximum atomic E-state index is 12.3. The minimum atomic E-state index is -1.19. The molecule has 4 nitrogen and oxygen atoms in total. The van der Waals surface area contributed by atoms with Gasteiger partial charge in [-0.1, -0.05) is 33.6 Å². The Labute approximate surface area is 147 Å². The number of hydrogen-bond donors (Lipinski definition) is 2. The minimum Gasteiger partial charge on any atom is -0.478 e. The number of aromatic carboxylic acids is 1. The Balaban J connectivity index is 2.39. The van der Waals surface area contributed by atoms with Crippen molar-refractivity contribution >= 4 is 67.7 Å². The highest BCUT2D eigenvalue weighted by Crippen LogP contribution is 2.26. The van der Waals surface area contributed by atoms with Gasteiger partial charge in [0.15, 0.2) is 0 Å². The van der Waals surface area contributed by atoms with Gasteiger partial charge in [-0.05, 0) is 52.9 Å². The first kappa shape index (κ1) is 16.3. The molecule has 0 aliphatic heterocycles. The number of carbonyl (C=O) groups excluding carboxylic acids is 1. The van der Waals surface area contributed by atoms with Crippen LogP contribution in [-0.4, -0.2) is 17.0 Å². The van der Waals surface area contributed by atoms with Crippen LogP contribution < -0.4 is 5.32 Å². The molecule has 7 heteroatoms. The molecule has 0 spiro atoms. The number of anilines is 1. The summed E-state index contributed by atoms with van der Waals surface area (Å²) in [6.07, 6.45) is 0. The van der Waals surface area contributed by atoms with E-state index in [2.05, 4.69) is 21.2 Å². The second-order valence-electron chi connectivity index (χ2n) is 4.05. The zero-order valence-electron chi connectivity index (χ0n) is 10.4. The Bertz CT molecular complexity index is 736. The van der Waals surface area contributed by atoms with E-state index in [9.17, 15) is 14.7 Å². The van der Waals surface area contributed by atoms with Crippen molar-refractivity contribution in [2.75, 3.05) is 5.32 Å². The van der Waals surface area contributed by atoms with Gasteiger partial charge in [-0.3, -0.25) is 4.79 Å². The molecule has 0 saturated carbocycles. The van der Waals surface area contributed by atoms with E-state index >= 15 is 0 Å². The molecule has 0 radical (unpaired) electrons. The predicted molar refractivity (Wildman–Crippen MR) is 93.2 cm³/mol. The van der Waals surface area contributed by atoms with Crippen LogP contribution in [0.15, 0.2) is 40.9 Å². The highest BCUT2D eigenvalue weighted by molar-refractivity contribution is 14.1. The number of carboxylic acids is 1. The standard InChI is InChI=1S/C14H8BrClINO3/c15-7-4-5-10(17)8(6-7)13(19)18-11-3-1-2-9(16)12(11)14(20)21/h1-6H,(H,18,19)(H,20,21). The van der Waals surface area contributed by atoms with Crippen molar-refractivity contribution in [3.63, 3.8) is 0 Å². The zero-order valence-corrected chi connectivity index (χ0v) is 14.9. The number of amides is 1. The Morgan fingerprint density at radius 2 is 1.95 bits per heavy atom. The van der Waals surface area contributed by atoms with Gasteiger partial charge in [0, 0.05) is 8.04 Å². The average Bonchev–Trinajstić information content (AvgIpc) is 2.41. The van der Waals surface area contributed by atoms with Crippen LogP contribution in [0.1, 0.15) is 20.7 Å². The first-order chi connectivity index (χ1) is 9.90. The number of hydrogen-bond acceptors (Lipinski definition) is 2. The lowest BCUT2D eigenvalue weighted by Gasteiger charge is -2.11. The van der Waals surface area contributed by atoms with Crippen LogP contribution in [0, 0.1) is 3.57 Å². The minimum absolute atomic E-state index is 0.0734. The lowest BCUT2D eigenvalue weighted by molar-refractivity contribution is 0.0698. The molecule has 0 bridgehead atoms. The maximum Gasteiger partial charge on any atom is 0.339 e. The second kappa shape index (κ2) is 6.76. The summed E-state index contributed by atoms with van der Waals surface area (Å²) >= 11 is 11.2. The quantitative estimate of drug-likeness (QED) is 0.629. The molecule has 2 aromatic carbocycles. The largest absolute Gasteiger partial charge is 0.478 e. The van der Waals surface area contributed by atoms with Crippen LogP contribution in [0.25, 0.3) is 0 Å². The van der Waals surface area contributed by atoms with Crippen LogP contribution in [0.2, 0.25) is 5.02 Å². The zero-order chi connectivity index (χ0) is 15.6. The molecule has 21 heavy (non-hydrogen) atoms. The third-order valence-corrected chi connectivity index (χ3v) is 4.40. The van der Waals surface area contributed by atoms with Gasteiger partial charge >= 0.3 is 5.97 Å². The molecule has 0 aliphatic carbocycles. The summed E-state index contributed by atoms with van der Waals surface area (Å²) in [5.74, 6) is -1.59. The number of rotatable bonds is 3. The molecular formula is C14H8BrClINO3. The third-order valence-electron chi connectivity index (χ3n) is 2.65. The normalized spacial score (nSPS) is 10.2. The smallest absolute Gasteiger partial charge is 0.339 e. The highest BCUT2D eigenvalue weighted by atomic mass is 127. The van der Waals surface area contributed by atoms with Crippen molar-refractivity contribution < 1.29 is 14.7 Å². The topological polar surface area (TPSA) is 66.4 Å². The van der Waals surface area contributed by atoms with Gasteiger partial charge in [0.1, 0.15) is 5.56 Å². The van der Waals surface area contributed by atoms with Crippen molar-refractivity contribution in [1.82, 2.24) is 0 Å². The average molecular weight is 480 g/mol. The monoisotopic (exact) mass is 479 g/mol. The van der Waals surface area contributed by atoms with E-state index in [1.807, 2.05) is 28.7 Å². The third kappa shape index (κ3) is 3.75. The molecule has 0 fully saturated rings. The fraction of sp³-hybridized carbons (Fsp3) is 0. The van der Waals surface area contributed by atoms with Gasteiger partial charge in [-0.2, -0.15) is 0 Å². The van der Waals surface area contributed by atoms with Gasteiger partial charge in [0.05, 0.1) is 16.3 Å². The molecular weight excluding hydrogens is 472 g/mol. The van der Waals surface area contributed by atoms with Crippen molar-refractivity contribution in [3.8, 4) is 0 Å². The van der Waals surface area contributed by atoms with Crippen LogP contribution >= 0.6 is 50.1 Å². The van der Waals surface area contributed by atoms with Crippen LogP contribution in [0.4, 0.5) is 5.69 Å². The van der Waals surface area contributed by atoms with Gasteiger partial charge in [0.25, 0.3) is 5.91 Å². The predicted octanol–water partition coefficient (Wildman–Crippen LogP) is 4.66. The van der Waals surface area contributed by atoms with Gasteiger partial charge in [0.2, 0.25) is 0 Å². The van der Waals surface area contributed by atoms with E-state index < -0.39 is 11.9 Å². The van der Waals surface area contributed by atoms with Gasteiger partial charge < -0.3 is 10.4 Å². The summed E-state index contributed by atoms with van der Waals surface area (Å²) < 4.78 is 1.52. The summed E-state index contributed by atoms with van der Waals surface area (Å²) in [4.78, 5) is 23.5. The van der Waals surface area contributed by atoms with Crippen molar-refractivity contribution in [2.24, 2.45) is 0 Å². The Morgan fingerprint density at radius 3 is 2.62 bits per heavy atom. The molecule has 0 unspecified atom stereocenters. The lowest BCUT2D eigenvalue weighted by atomic mass is 10.1. The summed E-state index contributed by atoms with van der Waals surface area (Å²) in [5, 5.41) is 11.8. The van der Waals surface area contributed by atoms with E-state index in [1.54, 1.807) is 18.2 Å². The first-order valence-electron chi connectivity index (χ1n) is 5.68. The molecule has 0 saturated heterocycles. The maximum absolute atomic E-state index is 12.3. The van der Waals surface area contributed by atoms with E-state index in [0.29, 0.717) is 5.56 Å². The highest BCUT2D eigenvalue weighted by Gasteiger charge is 2.18. The van der Waals surface area contributed by atoms with Gasteiger partial charge in [-0.15, -0.1) is 0 Å². The van der Waals surface area contributed by atoms with Gasteiger partial charge in [-0.25, -0.2) is 4.79 Å². The Kier molecular flexibility index (Phi) is 5.23. The molecule has 1 amide bonds.